The van der Waals surface area contributed by atoms with E-state index < -0.39 is 0 Å². The summed E-state index contributed by atoms with van der Waals surface area (Å²) < 4.78 is 0. The van der Waals surface area contributed by atoms with Gasteiger partial charge >= 0.3 is 0 Å². The summed E-state index contributed by atoms with van der Waals surface area (Å²) in [4.78, 5) is 11.0. The van der Waals surface area contributed by atoms with Crippen molar-refractivity contribution in [1.29, 1.82) is 0 Å². The first-order valence-corrected chi connectivity index (χ1v) is 2.48. The van der Waals surface area contributed by atoms with Crippen molar-refractivity contribution in [3.05, 3.63) is 17.4 Å². The van der Waals surface area contributed by atoms with Gasteiger partial charge in [-0.3, -0.25) is 0 Å². The molecule has 8 heavy (non-hydrogen) atoms. The summed E-state index contributed by atoms with van der Waals surface area (Å²) in [5.74, 6) is 0.644. The van der Waals surface area contributed by atoms with Crippen LogP contribution in [0.25, 0.3) is 0 Å². The van der Waals surface area contributed by atoms with Crippen LogP contribution in [-0.4, -0.2) is 15.0 Å². The minimum absolute atomic E-state index is 0.248. The van der Waals surface area contributed by atoms with Crippen molar-refractivity contribution in [1.82, 2.24) is 15.0 Å². The fourth-order valence-electron chi connectivity index (χ4n) is 0.351. The zero-order valence-electron chi connectivity index (χ0n) is 4.30. The van der Waals surface area contributed by atoms with Gasteiger partial charge in [-0.05, 0) is 18.5 Å². The van der Waals surface area contributed by atoms with E-state index in [9.17, 15) is 0 Å². The fourth-order valence-corrected chi connectivity index (χ4v) is 0.517. The van der Waals surface area contributed by atoms with Crippen LogP contribution in [0.3, 0.4) is 0 Å². The Balaban J connectivity index is 3.08. The number of halogens is 1. The van der Waals surface area contributed by atoms with Crippen LogP contribution in [0.5, 0.6) is 0 Å². The van der Waals surface area contributed by atoms with Crippen LogP contribution in [0, 0.1) is 6.92 Å². The lowest BCUT2D eigenvalue weighted by Gasteiger charge is -1.86. The molecule has 0 spiro atoms. The van der Waals surface area contributed by atoms with Gasteiger partial charge in [0.25, 0.3) is 0 Å². The Bertz CT molecular complexity index is 171. The second-order valence-corrected chi connectivity index (χ2v) is 1.64. The number of hydrogen-bond donors (Lipinski definition) is 0. The third-order valence-corrected chi connectivity index (χ3v) is 0.845. The lowest BCUT2D eigenvalue weighted by Crippen LogP contribution is -1.87. The van der Waals surface area contributed by atoms with Gasteiger partial charge in [0.2, 0.25) is 5.28 Å². The SMILES string of the molecule is Cc1ncnc(Cl)n1. The van der Waals surface area contributed by atoms with E-state index in [-0.39, 0.29) is 5.28 Å². The van der Waals surface area contributed by atoms with Gasteiger partial charge in [-0.25, -0.2) is 15.0 Å². The first-order valence-electron chi connectivity index (χ1n) is 2.10. The highest BCUT2D eigenvalue weighted by Crippen LogP contribution is 1.94. The minimum Gasteiger partial charge on any atom is -0.222 e. The van der Waals surface area contributed by atoms with Gasteiger partial charge in [0, 0.05) is 0 Å². The topological polar surface area (TPSA) is 38.7 Å². The second-order valence-electron chi connectivity index (χ2n) is 1.30. The van der Waals surface area contributed by atoms with Crippen LogP contribution in [0.2, 0.25) is 5.28 Å². The van der Waals surface area contributed by atoms with E-state index in [1.54, 1.807) is 6.92 Å². The van der Waals surface area contributed by atoms with E-state index in [2.05, 4.69) is 15.0 Å². The summed E-state index contributed by atoms with van der Waals surface area (Å²) in [6.07, 6.45) is 1.38. The molecule has 1 aromatic rings. The normalized spacial score (nSPS) is 9.25. The monoisotopic (exact) mass is 129 g/mol. The summed E-state index contributed by atoms with van der Waals surface area (Å²) in [5, 5.41) is 0.248. The van der Waals surface area contributed by atoms with Crippen LogP contribution in [0.1, 0.15) is 5.82 Å². The third-order valence-electron chi connectivity index (χ3n) is 0.663. The number of aryl methyl sites for hydroxylation is 1. The molecule has 0 aliphatic carbocycles. The fraction of sp³-hybridized carbons (Fsp3) is 0.250. The van der Waals surface area contributed by atoms with Crippen molar-refractivity contribution >= 4 is 11.6 Å². The average Bonchev–Trinajstić information content (AvgIpc) is 1.64. The van der Waals surface area contributed by atoms with E-state index in [1.807, 2.05) is 0 Å². The average molecular weight is 130 g/mol. The van der Waals surface area contributed by atoms with Crippen LogP contribution < -0.4 is 0 Å². The molecule has 0 aromatic carbocycles. The standard InChI is InChI=1S/C4H4ClN3/c1-3-6-2-7-4(5)8-3/h2H,1H3. The number of hydrogen-bond acceptors (Lipinski definition) is 3. The quantitative estimate of drug-likeness (QED) is 0.521. The Morgan fingerprint density at radius 1 is 1.50 bits per heavy atom. The van der Waals surface area contributed by atoms with Gasteiger partial charge in [-0.1, -0.05) is 0 Å². The number of rotatable bonds is 0. The van der Waals surface area contributed by atoms with Crippen molar-refractivity contribution < 1.29 is 0 Å². The molecule has 1 heterocycles. The lowest BCUT2D eigenvalue weighted by atomic mass is 10.7. The molecule has 0 atom stereocenters. The molecule has 0 bridgehead atoms. The molecule has 0 aliphatic rings. The molecule has 0 aliphatic heterocycles. The summed E-state index contributed by atoms with van der Waals surface area (Å²) in [7, 11) is 0. The highest BCUT2D eigenvalue weighted by atomic mass is 35.5. The second kappa shape index (κ2) is 2.05. The summed E-state index contributed by atoms with van der Waals surface area (Å²) in [5.41, 5.74) is 0. The molecular weight excluding hydrogens is 126 g/mol. The maximum absolute atomic E-state index is 5.38. The van der Waals surface area contributed by atoms with Gasteiger partial charge in [0.15, 0.2) is 0 Å². The Morgan fingerprint density at radius 2 is 2.25 bits per heavy atom. The smallest absolute Gasteiger partial charge is 0.222 e. The van der Waals surface area contributed by atoms with E-state index in [1.165, 1.54) is 6.33 Å². The Kier molecular flexibility index (Phi) is 1.39. The largest absolute Gasteiger partial charge is 0.225 e. The van der Waals surface area contributed by atoms with Crippen molar-refractivity contribution in [3.8, 4) is 0 Å². The summed E-state index contributed by atoms with van der Waals surface area (Å²) in [6.45, 7) is 1.76. The Hall–Kier alpha value is -0.700. The van der Waals surface area contributed by atoms with E-state index in [0.717, 1.165) is 0 Å². The van der Waals surface area contributed by atoms with Gasteiger partial charge in [-0.15, -0.1) is 0 Å². The first kappa shape index (κ1) is 5.44. The predicted octanol–water partition coefficient (Wildman–Crippen LogP) is 0.833. The highest BCUT2D eigenvalue weighted by Gasteiger charge is 1.87. The van der Waals surface area contributed by atoms with E-state index >= 15 is 0 Å². The Morgan fingerprint density at radius 3 is 2.62 bits per heavy atom. The zero-order valence-corrected chi connectivity index (χ0v) is 5.05. The van der Waals surface area contributed by atoms with Gasteiger partial charge < -0.3 is 0 Å². The van der Waals surface area contributed by atoms with Crippen molar-refractivity contribution in [3.63, 3.8) is 0 Å². The maximum atomic E-state index is 5.38. The molecule has 3 nitrogen and oxygen atoms in total. The lowest BCUT2D eigenvalue weighted by molar-refractivity contribution is 0.974. The van der Waals surface area contributed by atoms with Gasteiger partial charge in [-0.2, -0.15) is 0 Å². The zero-order chi connectivity index (χ0) is 5.98. The molecule has 0 saturated heterocycles. The first-order chi connectivity index (χ1) is 3.79. The van der Waals surface area contributed by atoms with Crippen LogP contribution in [0.4, 0.5) is 0 Å². The van der Waals surface area contributed by atoms with Crippen LogP contribution in [-0.2, 0) is 0 Å². The van der Waals surface area contributed by atoms with Gasteiger partial charge in [0.1, 0.15) is 12.2 Å². The number of aromatic nitrogens is 3. The van der Waals surface area contributed by atoms with Crippen molar-refractivity contribution in [2.24, 2.45) is 0 Å². The summed E-state index contributed by atoms with van der Waals surface area (Å²) >= 11 is 5.38. The molecule has 42 valence electrons. The van der Waals surface area contributed by atoms with Gasteiger partial charge in [0.05, 0.1) is 0 Å². The summed E-state index contributed by atoms with van der Waals surface area (Å²) in [6, 6.07) is 0. The maximum Gasteiger partial charge on any atom is 0.225 e. The minimum atomic E-state index is 0.248. The molecule has 0 amide bonds. The van der Waals surface area contributed by atoms with Crippen LogP contribution in [0.15, 0.2) is 6.33 Å². The third kappa shape index (κ3) is 1.13. The van der Waals surface area contributed by atoms with E-state index in [4.69, 9.17) is 11.6 Å². The molecule has 1 aromatic heterocycles. The predicted molar refractivity (Wildman–Crippen MR) is 29.6 cm³/mol. The molecule has 0 fully saturated rings. The van der Waals surface area contributed by atoms with Crippen LogP contribution >= 0.6 is 11.6 Å². The van der Waals surface area contributed by atoms with Crippen molar-refractivity contribution in [2.75, 3.05) is 0 Å². The number of nitrogens with zero attached hydrogens (tertiary/aromatic N) is 3. The van der Waals surface area contributed by atoms with E-state index in [0.29, 0.717) is 5.82 Å². The molecule has 0 radical (unpaired) electrons. The van der Waals surface area contributed by atoms with Crippen molar-refractivity contribution in [2.45, 2.75) is 6.92 Å². The Labute approximate surface area is 51.8 Å². The highest BCUT2D eigenvalue weighted by molar-refractivity contribution is 6.28. The molecule has 1 rings (SSSR count). The molecule has 4 heteroatoms. The molecule has 0 N–H and O–H groups in total. The molecular formula is C4H4ClN3. The molecule has 0 unspecified atom stereocenters. The molecule has 0 saturated carbocycles.